The minimum atomic E-state index is -1.10. The smallest absolute Gasteiger partial charge is 0.145 e. The Hall–Kier alpha value is -1.01. The van der Waals surface area contributed by atoms with E-state index in [4.69, 9.17) is 0 Å². The molecule has 0 amide bonds. The zero-order valence-electron chi connectivity index (χ0n) is 10.3. The van der Waals surface area contributed by atoms with Crippen molar-refractivity contribution in [2.24, 2.45) is 7.05 Å². The fraction of sp³-hybridized carbons (Fsp3) is 0.333. The topological polar surface area (TPSA) is 47.8 Å². The molecule has 1 atom stereocenters. The lowest BCUT2D eigenvalue weighted by Gasteiger charge is -2.03. The molecule has 6 heteroatoms. The van der Waals surface area contributed by atoms with Crippen molar-refractivity contribution in [3.05, 3.63) is 40.4 Å². The minimum absolute atomic E-state index is 0.389. The Balaban J connectivity index is 2.19. The first kappa shape index (κ1) is 13.4. The fourth-order valence-corrected chi connectivity index (χ4v) is 3.33. The summed E-state index contributed by atoms with van der Waals surface area (Å²) in [4.78, 5) is 0.797. The Labute approximate surface area is 117 Å². The van der Waals surface area contributed by atoms with Crippen LogP contribution in [0.4, 0.5) is 0 Å². The highest BCUT2D eigenvalue weighted by Crippen LogP contribution is 2.17. The highest BCUT2D eigenvalue weighted by atomic mass is 79.9. The van der Waals surface area contributed by atoms with Crippen molar-refractivity contribution in [3.8, 4) is 0 Å². The second-order valence-corrected chi connectivity index (χ2v) is 6.26. The highest BCUT2D eigenvalue weighted by molar-refractivity contribution is 9.10. The van der Waals surface area contributed by atoms with E-state index in [0.717, 1.165) is 27.4 Å². The molecule has 2 rings (SSSR count). The van der Waals surface area contributed by atoms with Gasteiger partial charge in [0.15, 0.2) is 0 Å². The van der Waals surface area contributed by atoms with E-state index in [1.807, 2.05) is 42.8 Å². The lowest BCUT2D eigenvalue weighted by Crippen LogP contribution is -2.05. The van der Waals surface area contributed by atoms with E-state index in [1.165, 1.54) is 0 Å². The average molecular weight is 328 g/mol. The maximum atomic E-state index is 12.2. The van der Waals surface area contributed by atoms with Crippen molar-refractivity contribution in [1.29, 1.82) is 0 Å². The van der Waals surface area contributed by atoms with Gasteiger partial charge in [-0.25, -0.2) is 0 Å². The van der Waals surface area contributed by atoms with E-state index >= 15 is 0 Å². The predicted molar refractivity (Wildman–Crippen MR) is 74.6 cm³/mol. The SMILES string of the molecule is CCc1nnc(C[S@](=O)c2cccc(Br)c2)n1C. The molecule has 1 aromatic carbocycles. The van der Waals surface area contributed by atoms with E-state index < -0.39 is 10.8 Å². The summed E-state index contributed by atoms with van der Waals surface area (Å²) >= 11 is 3.38. The van der Waals surface area contributed by atoms with Gasteiger partial charge in [0.1, 0.15) is 11.6 Å². The standard InChI is InChI=1S/C12H14BrN3OS/c1-3-11-14-15-12(16(11)2)8-18(17)10-6-4-5-9(13)7-10/h4-7H,3,8H2,1-2H3/t18-/m0/s1. The molecule has 0 aliphatic carbocycles. The largest absolute Gasteiger partial charge is 0.317 e. The molecule has 0 bridgehead atoms. The average Bonchev–Trinajstić information content (AvgIpc) is 2.70. The Morgan fingerprint density at radius 2 is 2.06 bits per heavy atom. The van der Waals surface area contributed by atoms with Crippen LogP contribution in [0.15, 0.2) is 33.6 Å². The maximum absolute atomic E-state index is 12.2. The van der Waals surface area contributed by atoms with Crippen LogP contribution in [0.3, 0.4) is 0 Å². The van der Waals surface area contributed by atoms with E-state index in [1.54, 1.807) is 0 Å². The first-order valence-electron chi connectivity index (χ1n) is 5.63. The van der Waals surface area contributed by atoms with Gasteiger partial charge in [0.05, 0.1) is 16.6 Å². The third-order valence-corrected chi connectivity index (χ3v) is 4.48. The van der Waals surface area contributed by atoms with E-state index in [0.29, 0.717) is 5.75 Å². The first-order chi connectivity index (χ1) is 8.61. The molecule has 0 N–H and O–H groups in total. The molecule has 0 saturated carbocycles. The Morgan fingerprint density at radius 3 is 2.67 bits per heavy atom. The molecule has 2 aromatic rings. The highest BCUT2D eigenvalue weighted by Gasteiger charge is 2.12. The van der Waals surface area contributed by atoms with Crippen LogP contribution in [-0.4, -0.2) is 19.0 Å². The third-order valence-electron chi connectivity index (χ3n) is 2.69. The van der Waals surface area contributed by atoms with Gasteiger partial charge in [-0.3, -0.25) is 4.21 Å². The van der Waals surface area contributed by atoms with Gasteiger partial charge < -0.3 is 4.57 Å². The second-order valence-electron chi connectivity index (χ2n) is 3.89. The number of nitrogens with zero attached hydrogens (tertiary/aromatic N) is 3. The summed E-state index contributed by atoms with van der Waals surface area (Å²) < 4.78 is 15.1. The number of halogens is 1. The van der Waals surface area contributed by atoms with Gasteiger partial charge in [-0.2, -0.15) is 0 Å². The van der Waals surface area contributed by atoms with Crippen LogP contribution in [0.2, 0.25) is 0 Å². The molecule has 0 unspecified atom stereocenters. The molecule has 0 spiro atoms. The molecular weight excluding hydrogens is 314 g/mol. The van der Waals surface area contributed by atoms with Crippen LogP contribution in [0.5, 0.6) is 0 Å². The fourth-order valence-electron chi connectivity index (χ4n) is 1.64. The molecular formula is C12H14BrN3OS. The molecule has 0 aliphatic rings. The lowest BCUT2D eigenvalue weighted by atomic mass is 10.4. The van der Waals surface area contributed by atoms with Crippen molar-refractivity contribution >= 4 is 26.7 Å². The first-order valence-corrected chi connectivity index (χ1v) is 7.74. The second kappa shape index (κ2) is 5.75. The molecule has 96 valence electrons. The van der Waals surface area contributed by atoms with Gasteiger partial charge in [-0.15, -0.1) is 10.2 Å². The summed E-state index contributed by atoms with van der Waals surface area (Å²) in [5, 5.41) is 8.15. The lowest BCUT2D eigenvalue weighted by molar-refractivity contribution is 0.678. The summed E-state index contributed by atoms with van der Waals surface area (Å²) in [5.41, 5.74) is 0. The van der Waals surface area contributed by atoms with Gasteiger partial charge >= 0.3 is 0 Å². The number of aromatic nitrogens is 3. The van der Waals surface area contributed by atoms with E-state index in [9.17, 15) is 4.21 Å². The summed E-state index contributed by atoms with van der Waals surface area (Å²) in [6.07, 6.45) is 0.826. The molecule has 1 heterocycles. The van der Waals surface area contributed by atoms with Crippen LogP contribution < -0.4 is 0 Å². The van der Waals surface area contributed by atoms with E-state index in [-0.39, 0.29) is 0 Å². The number of hydrogen-bond acceptors (Lipinski definition) is 3. The zero-order valence-corrected chi connectivity index (χ0v) is 12.7. The van der Waals surface area contributed by atoms with E-state index in [2.05, 4.69) is 26.1 Å². The van der Waals surface area contributed by atoms with Gasteiger partial charge in [-0.1, -0.05) is 28.9 Å². The van der Waals surface area contributed by atoms with Gasteiger partial charge in [0, 0.05) is 22.8 Å². The molecule has 0 saturated heterocycles. The number of hydrogen-bond donors (Lipinski definition) is 0. The van der Waals surface area contributed by atoms with Gasteiger partial charge in [-0.05, 0) is 18.2 Å². The molecule has 0 radical (unpaired) electrons. The van der Waals surface area contributed by atoms with Crippen LogP contribution in [0.25, 0.3) is 0 Å². The van der Waals surface area contributed by atoms with Crippen molar-refractivity contribution in [2.75, 3.05) is 0 Å². The van der Waals surface area contributed by atoms with Crippen LogP contribution in [0.1, 0.15) is 18.6 Å². The van der Waals surface area contributed by atoms with Gasteiger partial charge in [0.2, 0.25) is 0 Å². The minimum Gasteiger partial charge on any atom is -0.317 e. The third kappa shape index (κ3) is 2.87. The monoisotopic (exact) mass is 327 g/mol. The molecule has 0 fully saturated rings. The summed E-state index contributed by atoms with van der Waals surface area (Å²) in [6, 6.07) is 7.52. The number of rotatable bonds is 4. The number of aryl methyl sites for hydroxylation is 1. The summed E-state index contributed by atoms with van der Waals surface area (Å²) in [5.74, 6) is 2.06. The van der Waals surface area contributed by atoms with Crippen LogP contribution >= 0.6 is 15.9 Å². The normalized spacial score (nSPS) is 12.6. The van der Waals surface area contributed by atoms with Crippen molar-refractivity contribution in [1.82, 2.24) is 14.8 Å². The summed E-state index contributed by atoms with van der Waals surface area (Å²) in [7, 11) is 0.812. The molecule has 0 aliphatic heterocycles. The van der Waals surface area contributed by atoms with Crippen LogP contribution in [0, 0.1) is 0 Å². The quantitative estimate of drug-likeness (QED) is 0.866. The van der Waals surface area contributed by atoms with Crippen LogP contribution in [-0.2, 0) is 30.0 Å². The Bertz CT molecular complexity index is 582. The Morgan fingerprint density at radius 1 is 1.33 bits per heavy atom. The maximum Gasteiger partial charge on any atom is 0.145 e. The van der Waals surface area contributed by atoms with Crippen molar-refractivity contribution < 1.29 is 4.21 Å². The Kier molecular flexibility index (Phi) is 4.29. The zero-order chi connectivity index (χ0) is 13.1. The number of benzene rings is 1. The predicted octanol–water partition coefficient (Wildman–Crippen LogP) is 2.45. The van der Waals surface area contributed by atoms with Crippen molar-refractivity contribution in [3.63, 3.8) is 0 Å². The molecule has 1 aromatic heterocycles. The molecule has 18 heavy (non-hydrogen) atoms. The van der Waals surface area contributed by atoms with Crippen molar-refractivity contribution in [2.45, 2.75) is 24.0 Å². The molecule has 4 nitrogen and oxygen atoms in total. The summed E-state index contributed by atoms with van der Waals surface area (Å²) in [6.45, 7) is 2.03. The van der Waals surface area contributed by atoms with Gasteiger partial charge in [0.25, 0.3) is 0 Å².